The van der Waals surface area contributed by atoms with Gasteiger partial charge in [-0.25, -0.2) is 0 Å². The summed E-state index contributed by atoms with van der Waals surface area (Å²) < 4.78 is 16.2. The van der Waals surface area contributed by atoms with Crippen LogP contribution in [0.2, 0.25) is 5.02 Å². The van der Waals surface area contributed by atoms with Gasteiger partial charge in [0.25, 0.3) is 5.91 Å². The van der Waals surface area contributed by atoms with Crippen molar-refractivity contribution in [1.82, 2.24) is 4.57 Å². The molecule has 0 bridgehead atoms. The third-order valence-corrected chi connectivity index (χ3v) is 8.36. The molecule has 2 aromatic carbocycles. The average molecular weight is 636 g/mol. The van der Waals surface area contributed by atoms with Gasteiger partial charge in [0.2, 0.25) is 5.43 Å². The number of halogens is 3. The molecular formula is C26H18Br2ClNO4S. The molecule has 0 radical (unpaired) electrons. The molecule has 0 N–H and O–H groups in total. The van der Waals surface area contributed by atoms with E-state index in [9.17, 15) is 18.6 Å². The smallest absolute Gasteiger partial charge is 0.263 e. The maximum Gasteiger partial charge on any atom is 0.263 e. The number of hydrogen-bond donors (Lipinski definition) is 0. The van der Waals surface area contributed by atoms with E-state index in [0.29, 0.717) is 16.5 Å². The topological polar surface area (TPSA) is 73.2 Å². The van der Waals surface area contributed by atoms with Gasteiger partial charge in [0.15, 0.2) is 5.78 Å². The number of ketones is 1. The standard InChI is InChI=1S/C26H18Br2ClNO4S/c1-15(31)21-24(32)22-20(29)13-12-19(28)23(22)30(25(33)17-8-5-9-18(27)11-10-17)26(21)35(34)14-16-6-3-2-4-7-16/h2-4,6-13H,5,14H2,1H3. The van der Waals surface area contributed by atoms with E-state index in [2.05, 4.69) is 31.9 Å². The van der Waals surface area contributed by atoms with Crippen LogP contribution in [0.1, 0.15) is 34.1 Å². The quantitative estimate of drug-likeness (QED) is 0.292. The highest BCUT2D eigenvalue weighted by atomic mass is 79.9. The van der Waals surface area contributed by atoms with Crippen LogP contribution in [0, 0.1) is 0 Å². The Morgan fingerprint density at radius 2 is 1.77 bits per heavy atom. The fraction of sp³-hybridized carbons (Fsp3) is 0.115. The van der Waals surface area contributed by atoms with Crippen molar-refractivity contribution in [3.63, 3.8) is 0 Å². The fourth-order valence-corrected chi connectivity index (χ4v) is 6.36. The Morgan fingerprint density at radius 1 is 1.06 bits per heavy atom. The Balaban J connectivity index is 2.10. The van der Waals surface area contributed by atoms with E-state index in [1.54, 1.807) is 48.6 Å². The number of Topliss-reactive ketones (excluding diaryl/α,β-unsaturated/α-hetero) is 1. The van der Waals surface area contributed by atoms with Crippen LogP contribution >= 0.6 is 43.5 Å². The molecule has 0 aliphatic heterocycles. The van der Waals surface area contributed by atoms with Crippen LogP contribution in [-0.2, 0) is 16.6 Å². The summed E-state index contributed by atoms with van der Waals surface area (Å²) in [5.74, 6) is -1.11. The van der Waals surface area contributed by atoms with Crippen LogP contribution < -0.4 is 5.43 Å². The molecule has 178 valence electrons. The number of rotatable bonds is 5. The van der Waals surface area contributed by atoms with Crippen LogP contribution in [-0.4, -0.2) is 20.5 Å². The second-order valence-corrected chi connectivity index (χ2v) is 11.3. The van der Waals surface area contributed by atoms with Gasteiger partial charge in [-0.15, -0.1) is 0 Å². The Morgan fingerprint density at radius 3 is 2.46 bits per heavy atom. The molecule has 1 atom stereocenters. The molecule has 3 aromatic rings. The molecule has 0 saturated carbocycles. The maximum atomic E-state index is 14.0. The molecule has 5 nitrogen and oxygen atoms in total. The maximum absolute atomic E-state index is 14.0. The van der Waals surface area contributed by atoms with Crippen LogP contribution in [0.3, 0.4) is 0 Å². The van der Waals surface area contributed by atoms with E-state index in [4.69, 9.17) is 11.6 Å². The minimum Gasteiger partial charge on any atom is -0.294 e. The van der Waals surface area contributed by atoms with Gasteiger partial charge < -0.3 is 0 Å². The van der Waals surface area contributed by atoms with E-state index in [0.717, 1.165) is 10.0 Å². The first-order valence-electron chi connectivity index (χ1n) is 10.5. The number of benzene rings is 2. The summed E-state index contributed by atoms with van der Waals surface area (Å²) in [5.41, 5.74) is 0.255. The molecule has 1 aliphatic rings. The number of allylic oxidation sites excluding steroid dienone is 6. The summed E-state index contributed by atoms with van der Waals surface area (Å²) >= 11 is 13.3. The second kappa shape index (κ2) is 10.7. The number of aromatic nitrogens is 1. The van der Waals surface area contributed by atoms with Gasteiger partial charge in [-0.3, -0.25) is 23.2 Å². The average Bonchev–Trinajstić information content (AvgIpc) is 3.05. The first kappa shape index (κ1) is 25.7. The minimum atomic E-state index is -1.91. The molecule has 1 aliphatic carbocycles. The molecule has 0 amide bonds. The highest BCUT2D eigenvalue weighted by Crippen LogP contribution is 2.33. The van der Waals surface area contributed by atoms with E-state index in [1.807, 2.05) is 12.1 Å². The lowest BCUT2D eigenvalue weighted by atomic mass is 10.1. The normalized spacial score (nSPS) is 14.3. The number of fused-ring (bicyclic) bond motifs is 1. The number of carbonyl (C=O) groups excluding carboxylic acids is 2. The first-order chi connectivity index (χ1) is 16.7. The van der Waals surface area contributed by atoms with Crippen molar-refractivity contribution < 1.29 is 13.8 Å². The van der Waals surface area contributed by atoms with E-state index in [1.165, 1.54) is 17.6 Å². The zero-order chi connectivity index (χ0) is 25.3. The van der Waals surface area contributed by atoms with Crippen LogP contribution in [0.5, 0.6) is 0 Å². The number of carbonyl (C=O) groups is 2. The molecule has 1 aromatic heterocycles. The van der Waals surface area contributed by atoms with Gasteiger partial charge in [0.1, 0.15) is 5.03 Å². The van der Waals surface area contributed by atoms with Crippen LogP contribution in [0.4, 0.5) is 0 Å². The van der Waals surface area contributed by atoms with Crippen molar-refractivity contribution in [2.24, 2.45) is 0 Å². The number of pyridine rings is 1. The lowest BCUT2D eigenvalue weighted by molar-refractivity contribution is 0.0952. The predicted molar refractivity (Wildman–Crippen MR) is 147 cm³/mol. The summed E-state index contributed by atoms with van der Waals surface area (Å²) in [6.07, 6.45) is 7.47. The van der Waals surface area contributed by atoms with Gasteiger partial charge in [-0.2, -0.15) is 0 Å². The molecule has 0 fully saturated rings. The summed E-state index contributed by atoms with van der Waals surface area (Å²) in [6, 6.07) is 12.2. The molecule has 0 spiro atoms. The predicted octanol–water partition coefficient (Wildman–Crippen LogP) is 6.73. The summed E-state index contributed by atoms with van der Waals surface area (Å²) in [7, 11) is -1.91. The van der Waals surface area contributed by atoms with Crippen molar-refractivity contribution in [2.45, 2.75) is 24.1 Å². The molecule has 35 heavy (non-hydrogen) atoms. The highest BCUT2D eigenvalue weighted by Gasteiger charge is 2.30. The zero-order valence-corrected chi connectivity index (χ0v) is 23.1. The van der Waals surface area contributed by atoms with Crippen molar-refractivity contribution in [3.8, 4) is 0 Å². The van der Waals surface area contributed by atoms with Gasteiger partial charge in [-0.05, 0) is 59.1 Å². The largest absolute Gasteiger partial charge is 0.294 e. The fourth-order valence-electron chi connectivity index (χ4n) is 3.82. The Labute approximate surface area is 225 Å². The van der Waals surface area contributed by atoms with E-state index >= 15 is 0 Å². The molecular weight excluding hydrogens is 618 g/mol. The molecule has 4 rings (SSSR count). The van der Waals surface area contributed by atoms with Crippen molar-refractivity contribution in [1.29, 1.82) is 0 Å². The van der Waals surface area contributed by atoms with Crippen molar-refractivity contribution >= 4 is 76.9 Å². The summed E-state index contributed by atoms with van der Waals surface area (Å²) in [5, 5.41) is -0.0395. The Hall–Kier alpha value is -2.39. The third-order valence-electron chi connectivity index (χ3n) is 5.40. The molecule has 1 unspecified atom stereocenters. The monoisotopic (exact) mass is 633 g/mol. The van der Waals surface area contributed by atoms with Gasteiger partial charge in [0, 0.05) is 14.5 Å². The Kier molecular flexibility index (Phi) is 7.86. The van der Waals surface area contributed by atoms with Gasteiger partial charge in [0.05, 0.1) is 38.0 Å². The molecule has 9 heteroatoms. The highest BCUT2D eigenvalue weighted by molar-refractivity contribution is 9.12. The minimum absolute atomic E-state index is 0.0116. The number of hydrogen-bond acceptors (Lipinski definition) is 4. The van der Waals surface area contributed by atoms with E-state index in [-0.39, 0.29) is 32.3 Å². The van der Waals surface area contributed by atoms with Gasteiger partial charge >= 0.3 is 0 Å². The third kappa shape index (κ3) is 5.11. The number of nitrogens with zero attached hydrogens (tertiary/aromatic N) is 1. The lowest BCUT2D eigenvalue weighted by Gasteiger charge is -2.20. The molecule has 0 saturated heterocycles. The lowest BCUT2D eigenvalue weighted by Crippen LogP contribution is -2.29. The van der Waals surface area contributed by atoms with Crippen molar-refractivity contribution in [2.75, 3.05) is 0 Å². The van der Waals surface area contributed by atoms with Crippen molar-refractivity contribution in [3.05, 3.63) is 108 Å². The first-order valence-corrected chi connectivity index (χ1v) is 13.8. The second-order valence-electron chi connectivity index (χ2n) is 7.75. The SMILES string of the molecule is CC(=O)c1c(S(=O)Cc2ccccc2)n(C(=O)C2=CCC=C(Br)C=C2)c2c(Br)ccc(Cl)c2c1=O. The van der Waals surface area contributed by atoms with Crippen LogP contribution in [0.25, 0.3) is 10.9 Å². The van der Waals surface area contributed by atoms with Gasteiger partial charge in [-0.1, -0.05) is 70.0 Å². The summed E-state index contributed by atoms with van der Waals surface area (Å²) in [6.45, 7) is 1.22. The van der Waals surface area contributed by atoms with E-state index < -0.39 is 27.9 Å². The van der Waals surface area contributed by atoms with Crippen LogP contribution in [0.15, 0.2) is 91.1 Å². The zero-order valence-electron chi connectivity index (χ0n) is 18.4. The summed E-state index contributed by atoms with van der Waals surface area (Å²) in [4.78, 5) is 40.3. The Bertz CT molecular complexity index is 1560. The molecule has 1 heterocycles.